The van der Waals surface area contributed by atoms with Crippen LogP contribution in [0, 0.1) is 0 Å². The molecular weight excluding hydrogens is 368 g/mol. The summed E-state index contributed by atoms with van der Waals surface area (Å²) in [7, 11) is 0. The Morgan fingerprint density at radius 1 is 1.11 bits per heavy atom. The van der Waals surface area contributed by atoms with E-state index >= 15 is 0 Å². The molecule has 28 heavy (non-hydrogen) atoms. The Hall–Kier alpha value is -2.60. The molecule has 0 radical (unpaired) electrons. The maximum Gasteiger partial charge on any atom is 0.270 e. The van der Waals surface area contributed by atoms with Gasteiger partial charge in [0.05, 0.1) is 5.69 Å². The number of amides is 1. The van der Waals surface area contributed by atoms with Gasteiger partial charge in [0.25, 0.3) is 5.91 Å². The second kappa shape index (κ2) is 6.78. The number of anilines is 1. The van der Waals surface area contributed by atoms with Crippen molar-refractivity contribution in [1.29, 1.82) is 0 Å². The number of nitrogen functional groups attached to an aromatic ring is 1. The van der Waals surface area contributed by atoms with E-state index < -0.39 is 0 Å². The van der Waals surface area contributed by atoms with Gasteiger partial charge in [0.15, 0.2) is 5.13 Å². The van der Waals surface area contributed by atoms with Gasteiger partial charge in [-0.05, 0) is 43.4 Å². The zero-order valence-corrected chi connectivity index (χ0v) is 16.6. The highest BCUT2D eigenvalue weighted by molar-refractivity contribution is 7.13. The first-order valence-electron chi connectivity index (χ1n) is 9.90. The molecule has 2 N–H and O–H groups in total. The Labute approximate surface area is 168 Å². The molecule has 2 aliphatic rings. The number of carbonyl (C=O) groups excluding carboxylic acids is 1. The summed E-state index contributed by atoms with van der Waals surface area (Å²) < 4.78 is 2.16. The molecule has 0 bridgehead atoms. The fraction of sp³-hybridized carbons (Fsp3) is 0.364. The molecule has 144 valence electrons. The Morgan fingerprint density at radius 3 is 2.50 bits per heavy atom. The molecule has 2 fully saturated rings. The van der Waals surface area contributed by atoms with Crippen molar-refractivity contribution in [2.75, 3.05) is 18.8 Å². The van der Waals surface area contributed by atoms with E-state index in [1.165, 1.54) is 29.7 Å². The molecule has 1 saturated heterocycles. The van der Waals surface area contributed by atoms with Crippen molar-refractivity contribution in [1.82, 2.24) is 14.5 Å². The number of piperidine rings is 1. The molecule has 0 atom stereocenters. The van der Waals surface area contributed by atoms with Gasteiger partial charge in [-0.15, -0.1) is 11.3 Å². The molecule has 3 aromatic rings. The topological polar surface area (TPSA) is 64.2 Å². The zero-order chi connectivity index (χ0) is 19.1. The Kier molecular flexibility index (Phi) is 4.23. The molecule has 2 aromatic heterocycles. The first-order valence-corrected chi connectivity index (χ1v) is 10.8. The number of hydrogen-bond acceptors (Lipinski definition) is 4. The van der Waals surface area contributed by atoms with Crippen molar-refractivity contribution < 1.29 is 4.79 Å². The van der Waals surface area contributed by atoms with Gasteiger partial charge in [-0.3, -0.25) is 4.79 Å². The number of rotatable bonds is 4. The van der Waals surface area contributed by atoms with Gasteiger partial charge in [-0.2, -0.15) is 0 Å². The molecule has 1 saturated carbocycles. The molecule has 0 unspecified atom stereocenters. The highest BCUT2D eigenvalue weighted by atomic mass is 32.1. The van der Waals surface area contributed by atoms with Crippen LogP contribution in [0.1, 0.15) is 53.5 Å². The Morgan fingerprint density at radius 2 is 1.86 bits per heavy atom. The summed E-state index contributed by atoms with van der Waals surface area (Å²) in [5.74, 6) is 0.149. The summed E-state index contributed by atoms with van der Waals surface area (Å²) in [6.45, 7) is 1.45. The monoisotopic (exact) mass is 392 g/mol. The number of nitrogens with zero attached hydrogens (tertiary/aromatic N) is 3. The van der Waals surface area contributed by atoms with Crippen molar-refractivity contribution in [3.63, 3.8) is 0 Å². The Balaban J connectivity index is 1.41. The minimum absolute atomic E-state index is 0.149. The number of nitrogens with two attached hydrogens (primary N) is 1. The fourth-order valence-corrected chi connectivity index (χ4v) is 5.12. The van der Waals surface area contributed by atoms with Gasteiger partial charge < -0.3 is 15.2 Å². The third kappa shape index (κ3) is 2.92. The highest BCUT2D eigenvalue weighted by Crippen LogP contribution is 2.43. The maximum absolute atomic E-state index is 13.2. The molecule has 5 nitrogen and oxygen atoms in total. The minimum Gasteiger partial charge on any atom is -0.375 e. The molecule has 1 aliphatic heterocycles. The standard InChI is InChI=1S/C22H24N4OS/c23-21-24-19(15-28-21)22(16-5-2-1-3-6-16)10-13-25(14-11-22)20(27)18-7-4-12-26(18)17-8-9-17/h1-7,12,15,17H,8-11,13-14H2,(H2,23,24). The average Bonchev–Trinajstić information content (AvgIpc) is 3.29. The molecule has 1 amide bonds. The third-order valence-corrected chi connectivity index (χ3v) is 6.86. The first-order chi connectivity index (χ1) is 13.7. The van der Waals surface area contributed by atoms with Gasteiger partial charge >= 0.3 is 0 Å². The SMILES string of the molecule is Nc1nc(C2(c3ccccc3)CCN(C(=O)c3cccn3C3CC3)CC2)cs1. The van der Waals surface area contributed by atoms with Gasteiger partial charge in [-0.25, -0.2) is 4.98 Å². The molecule has 6 heteroatoms. The van der Waals surface area contributed by atoms with Crippen LogP contribution in [0.2, 0.25) is 0 Å². The van der Waals surface area contributed by atoms with Crippen molar-refractivity contribution in [2.45, 2.75) is 37.1 Å². The van der Waals surface area contributed by atoms with Crippen LogP contribution in [0.25, 0.3) is 0 Å². The van der Waals surface area contributed by atoms with Crippen LogP contribution >= 0.6 is 11.3 Å². The van der Waals surface area contributed by atoms with E-state index in [0.717, 1.165) is 37.3 Å². The lowest BCUT2D eigenvalue weighted by Crippen LogP contribution is -2.46. The van der Waals surface area contributed by atoms with E-state index in [-0.39, 0.29) is 11.3 Å². The summed E-state index contributed by atoms with van der Waals surface area (Å²) in [5, 5.41) is 2.68. The minimum atomic E-state index is -0.176. The van der Waals surface area contributed by atoms with Crippen LogP contribution in [0.4, 0.5) is 5.13 Å². The number of likely N-dealkylation sites (tertiary alicyclic amines) is 1. The number of thiazole rings is 1. The first kappa shape index (κ1) is 17.5. The lowest BCUT2D eigenvalue weighted by atomic mass is 9.70. The molecule has 1 aromatic carbocycles. The largest absolute Gasteiger partial charge is 0.375 e. The highest BCUT2D eigenvalue weighted by Gasteiger charge is 2.41. The van der Waals surface area contributed by atoms with Crippen LogP contribution in [0.3, 0.4) is 0 Å². The van der Waals surface area contributed by atoms with E-state index in [1.807, 2.05) is 29.3 Å². The summed E-state index contributed by atoms with van der Waals surface area (Å²) >= 11 is 1.49. The average molecular weight is 393 g/mol. The van der Waals surface area contributed by atoms with Gasteiger partial charge in [0.2, 0.25) is 0 Å². The van der Waals surface area contributed by atoms with Crippen molar-refractivity contribution >= 4 is 22.4 Å². The van der Waals surface area contributed by atoms with E-state index in [9.17, 15) is 4.79 Å². The number of benzene rings is 1. The van der Waals surface area contributed by atoms with Crippen LogP contribution in [0.15, 0.2) is 54.0 Å². The molecule has 0 spiro atoms. The summed E-state index contributed by atoms with van der Waals surface area (Å²) in [5.41, 5.74) is 8.90. The summed E-state index contributed by atoms with van der Waals surface area (Å²) in [6, 6.07) is 15.0. The number of carbonyl (C=O) groups is 1. The smallest absolute Gasteiger partial charge is 0.270 e. The lowest BCUT2D eigenvalue weighted by Gasteiger charge is -2.41. The predicted octanol–water partition coefficient (Wildman–Crippen LogP) is 4.08. The molecular formula is C22H24N4OS. The van der Waals surface area contributed by atoms with Crippen LogP contribution < -0.4 is 5.73 Å². The summed E-state index contributed by atoms with van der Waals surface area (Å²) in [4.78, 5) is 19.8. The molecule has 5 rings (SSSR count). The zero-order valence-electron chi connectivity index (χ0n) is 15.8. The van der Waals surface area contributed by atoms with Gasteiger partial charge in [0, 0.05) is 36.1 Å². The third-order valence-electron chi connectivity index (χ3n) is 6.18. The normalized spacial score (nSPS) is 18.9. The molecule has 3 heterocycles. The van der Waals surface area contributed by atoms with Gasteiger partial charge in [-0.1, -0.05) is 30.3 Å². The van der Waals surface area contributed by atoms with Crippen LogP contribution in [-0.2, 0) is 5.41 Å². The van der Waals surface area contributed by atoms with Crippen molar-refractivity contribution in [2.24, 2.45) is 0 Å². The van der Waals surface area contributed by atoms with Crippen LogP contribution in [0.5, 0.6) is 0 Å². The number of hydrogen-bond donors (Lipinski definition) is 1. The quantitative estimate of drug-likeness (QED) is 0.727. The number of aromatic nitrogens is 2. The fourth-order valence-electron chi connectivity index (χ4n) is 4.46. The van der Waals surface area contributed by atoms with Gasteiger partial charge in [0.1, 0.15) is 5.69 Å². The maximum atomic E-state index is 13.2. The van der Waals surface area contributed by atoms with Crippen LogP contribution in [-0.4, -0.2) is 33.4 Å². The van der Waals surface area contributed by atoms with E-state index in [0.29, 0.717) is 11.2 Å². The van der Waals surface area contributed by atoms with Crippen molar-refractivity contribution in [3.8, 4) is 0 Å². The predicted molar refractivity (Wildman–Crippen MR) is 112 cm³/mol. The van der Waals surface area contributed by atoms with E-state index in [1.54, 1.807) is 0 Å². The van der Waals surface area contributed by atoms with E-state index in [2.05, 4.69) is 39.2 Å². The van der Waals surface area contributed by atoms with E-state index in [4.69, 9.17) is 5.73 Å². The second-order valence-electron chi connectivity index (χ2n) is 7.84. The lowest BCUT2D eigenvalue weighted by molar-refractivity contribution is 0.0673. The Bertz CT molecular complexity index is 981. The van der Waals surface area contributed by atoms with Crippen molar-refractivity contribution in [3.05, 3.63) is 71.0 Å². The summed E-state index contributed by atoms with van der Waals surface area (Å²) in [6.07, 6.45) is 6.11. The second-order valence-corrected chi connectivity index (χ2v) is 8.73. The molecule has 1 aliphatic carbocycles.